The zero-order chi connectivity index (χ0) is 24.6. The molecule has 0 spiro atoms. The number of piperazine rings is 1. The maximum Gasteiger partial charge on any atom is 0.226 e. The molecule has 0 bridgehead atoms. The highest BCUT2D eigenvalue weighted by Gasteiger charge is 2.48. The van der Waals surface area contributed by atoms with Crippen LogP contribution in [-0.4, -0.2) is 46.1 Å². The molecule has 1 saturated heterocycles. The van der Waals surface area contributed by atoms with E-state index < -0.39 is 0 Å². The van der Waals surface area contributed by atoms with Gasteiger partial charge in [0.05, 0.1) is 6.20 Å². The Hall–Kier alpha value is -3.78. The molecular weight excluding hydrogens is 450 g/mol. The van der Waals surface area contributed by atoms with Crippen molar-refractivity contribution < 1.29 is 4.74 Å². The smallest absolute Gasteiger partial charge is 0.226 e. The van der Waals surface area contributed by atoms with Crippen LogP contribution in [0.5, 0.6) is 5.75 Å². The van der Waals surface area contributed by atoms with E-state index in [9.17, 15) is 0 Å². The number of aromatic nitrogens is 4. The van der Waals surface area contributed by atoms with E-state index in [0.717, 1.165) is 61.8 Å². The van der Waals surface area contributed by atoms with Crippen molar-refractivity contribution in [2.24, 2.45) is 11.8 Å². The lowest BCUT2D eigenvalue weighted by Crippen LogP contribution is -2.44. The third-order valence-electron chi connectivity index (χ3n) is 7.35. The van der Waals surface area contributed by atoms with Crippen LogP contribution >= 0.6 is 0 Å². The average molecular weight is 482 g/mol. The van der Waals surface area contributed by atoms with Gasteiger partial charge in [-0.15, -0.1) is 0 Å². The van der Waals surface area contributed by atoms with E-state index in [0.29, 0.717) is 34.6 Å². The third kappa shape index (κ3) is 4.33. The molecule has 3 fully saturated rings. The Morgan fingerprint density at radius 3 is 2.72 bits per heavy atom. The van der Waals surface area contributed by atoms with Crippen molar-refractivity contribution in [3.63, 3.8) is 0 Å². The Morgan fingerprint density at radius 2 is 1.97 bits per heavy atom. The number of aryl methyl sites for hydroxylation is 1. The molecule has 2 unspecified atom stereocenters. The summed E-state index contributed by atoms with van der Waals surface area (Å²) in [4.78, 5) is 20.4. The van der Waals surface area contributed by atoms with Gasteiger partial charge in [-0.25, -0.2) is 19.9 Å². The van der Waals surface area contributed by atoms with E-state index >= 15 is 0 Å². The topological polar surface area (TPSA) is 88.1 Å². The van der Waals surface area contributed by atoms with E-state index in [2.05, 4.69) is 56.1 Å². The van der Waals surface area contributed by atoms with Crippen LogP contribution in [0.25, 0.3) is 11.0 Å². The number of nitrogens with one attached hydrogen (secondary N) is 2. The number of benzene rings is 1. The average Bonchev–Trinajstić information content (AvgIpc) is 3.28. The first-order valence-corrected chi connectivity index (χ1v) is 12.6. The fourth-order valence-electron chi connectivity index (χ4n) is 5.23. The normalized spacial score (nSPS) is 21.2. The lowest BCUT2D eigenvalue weighted by Gasteiger charge is -2.27. The van der Waals surface area contributed by atoms with Crippen molar-refractivity contribution in [3.05, 3.63) is 71.9 Å². The van der Waals surface area contributed by atoms with Crippen LogP contribution in [0.4, 0.5) is 17.5 Å². The molecule has 6 rings (SSSR count). The Bertz CT molecular complexity index is 1370. The van der Waals surface area contributed by atoms with Crippen molar-refractivity contribution in [3.8, 4) is 5.75 Å². The predicted molar refractivity (Wildman–Crippen MR) is 142 cm³/mol. The summed E-state index contributed by atoms with van der Waals surface area (Å²) < 4.78 is 6.41. The summed E-state index contributed by atoms with van der Waals surface area (Å²) in [6.07, 6.45) is 9.58. The molecule has 3 heterocycles. The van der Waals surface area contributed by atoms with Crippen LogP contribution in [0.15, 0.2) is 66.4 Å². The Labute approximate surface area is 211 Å². The van der Waals surface area contributed by atoms with Gasteiger partial charge in [0.25, 0.3) is 0 Å². The molecular formula is C28H31N7O. The van der Waals surface area contributed by atoms with Crippen LogP contribution in [0.1, 0.15) is 25.3 Å². The van der Waals surface area contributed by atoms with Crippen LogP contribution < -0.4 is 20.3 Å². The van der Waals surface area contributed by atoms with Crippen molar-refractivity contribution in [1.82, 2.24) is 25.3 Å². The highest BCUT2D eigenvalue weighted by atomic mass is 16.5. The number of hydrogen-bond donors (Lipinski definition) is 2. The first-order chi connectivity index (χ1) is 17.6. The van der Waals surface area contributed by atoms with Gasteiger partial charge in [0.2, 0.25) is 5.95 Å². The number of rotatable bonds is 6. The Balaban J connectivity index is 1.23. The maximum absolute atomic E-state index is 6.41. The first-order valence-electron chi connectivity index (χ1n) is 12.6. The van der Waals surface area contributed by atoms with Gasteiger partial charge in [0, 0.05) is 31.9 Å². The van der Waals surface area contributed by atoms with Gasteiger partial charge < -0.3 is 20.3 Å². The number of hydrogen-bond acceptors (Lipinski definition) is 8. The van der Waals surface area contributed by atoms with Crippen molar-refractivity contribution >= 4 is 28.5 Å². The molecule has 2 aromatic heterocycles. The zero-order valence-corrected chi connectivity index (χ0v) is 20.8. The SMILES string of the molecule is C=C1C2CC(=C(/C=C\C)Oc3ccc(Nc4ncnc5cnc(N6CCNCC6)nc45)cc3C)CC12. The lowest BCUT2D eigenvalue weighted by molar-refractivity contribution is 0.431. The van der Waals surface area contributed by atoms with Gasteiger partial charge in [-0.3, -0.25) is 0 Å². The maximum atomic E-state index is 6.41. The summed E-state index contributed by atoms with van der Waals surface area (Å²) in [5, 5.41) is 6.79. The van der Waals surface area contributed by atoms with Gasteiger partial charge in [-0.2, -0.15) is 0 Å². The summed E-state index contributed by atoms with van der Waals surface area (Å²) in [6, 6.07) is 6.11. The fourth-order valence-corrected chi connectivity index (χ4v) is 5.23. The monoisotopic (exact) mass is 481 g/mol. The molecule has 2 aliphatic carbocycles. The largest absolute Gasteiger partial charge is 0.457 e. The molecule has 8 heteroatoms. The Kier molecular flexibility index (Phi) is 5.89. The second-order valence-electron chi connectivity index (χ2n) is 9.73. The molecule has 2 atom stereocenters. The minimum atomic E-state index is 0.661. The summed E-state index contributed by atoms with van der Waals surface area (Å²) in [5.74, 6) is 4.52. The number of fused-ring (bicyclic) bond motifs is 2. The quantitative estimate of drug-likeness (QED) is 0.387. The van der Waals surface area contributed by atoms with Crippen molar-refractivity contribution in [1.29, 1.82) is 0 Å². The fraction of sp³-hybridized carbons (Fsp3) is 0.357. The minimum Gasteiger partial charge on any atom is -0.457 e. The summed E-state index contributed by atoms with van der Waals surface area (Å²) >= 11 is 0. The molecule has 0 radical (unpaired) electrons. The molecule has 1 aliphatic heterocycles. The zero-order valence-electron chi connectivity index (χ0n) is 20.8. The second-order valence-corrected chi connectivity index (χ2v) is 9.73. The third-order valence-corrected chi connectivity index (χ3v) is 7.35. The van der Waals surface area contributed by atoms with Gasteiger partial charge in [-0.05, 0) is 73.9 Å². The van der Waals surface area contributed by atoms with Crippen molar-refractivity contribution in [2.45, 2.75) is 26.7 Å². The Morgan fingerprint density at radius 1 is 1.17 bits per heavy atom. The molecule has 184 valence electrons. The summed E-state index contributed by atoms with van der Waals surface area (Å²) in [6.45, 7) is 11.9. The summed E-state index contributed by atoms with van der Waals surface area (Å²) in [7, 11) is 0. The van der Waals surface area contributed by atoms with E-state index in [1.54, 1.807) is 12.5 Å². The molecule has 3 aliphatic rings. The lowest BCUT2D eigenvalue weighted by atomic mass is 10.1. The van der Waals surface area contributed by atoms with E-state index in [1.165, 1.54) is 11.1 Å². The highest BCUT2D eigenvalue weighted by Crippen LogP contribution is 2.58. The molecule has 36 heavy (non-hydrogen) atoms. The standard InChI is InChI=1S/C28H31N7O/c1-4-5-25(19-13-21-18(3)22(21)14-19)36-24-7-6-20(12-17(24)2)33-27-26-23(31-16-32-27)15-30-28(34-26)35-10-8-29-9-11-35/h4-7,12,15-16,21-22,29H,3,8-11,13-14H2,1-2H3,(H,31,32,33)/b5-4-,25-19?. The van der Waals surface area contributed by atoms with E-state index in [1.807, 2.05) is 25.1 Å². The van der Waals surface area contributed by atoms with Crippen LogP contribution in [0, 0.1) is 18.8 Å². The van der Waals surface area contributed by atoms with Gasteiger partial charge >= 0.3 is 0 Å². The van der Waals surface area contributed by atoms with E-state index in [-0.39, 0.29) is 0 Å². The van der Waals surface area contributed by atoms with E-state index in [4.69, 9.17) is 9.72 Å². The van der Waals surface area contributed by atoms with Gasteiger partial charge in [-0.1, -0.05) is 18.2 Å². The molecule has 8 nitrogen and oxygen atoms in total. The minimum absolute atomic E-state index is 0.661. The molecule has 1 aromatic carbocycles. The molecule has 0 amide bonds. The van der Waals surface area contributed by atoms with Crippen LogP contribution in [0.2, 0.25) is 0 Å². The summed E-state index contributed by atoms with van der Waals surface area (Å²) in [5.41, 5.74) is 6.19. The van der Waals surface area contributed by atoms with Crippen LogP contribution in [-0.2, 0) is 0 Å². The number of ether oxygens (including phenoxy) is 1. The van der Waals surface area contributed by atoms with Gasteiger partial charge in [0.1, 0.15) is 28.9 Å². The molecule has 2 N–H and O–H groups in total. The molecule has 3 aromatic rings. The highest BCUT2D eigenvalue weighted by molar-refractivity contribution is 5.87. The molecule has 2 saturated carbocycles. The van der Waals surface area contributed by atoms with Crippen LogP contribution in [0.3, 0.4) is 0 Å². The van der Waals surface area contributed by atoms with Gasteiger partial charge in [0.15, 0.2) is 5.82 Å². The van der Waals surface area contributed by atoms with Crippen molar-refractivity contribution in [2.75, 3.05) is 36.4 Å². The number of allylic oxidation sites excluding steroid dienone is 4. The second kappa shape index (κ2) is 9.35. The number of anilines is 3. The number of nitrogens with zero attached hydrogens (tertiary/aromatic N) is 5. The predicted octanol–water partition coefficient (Wildman–Crippen LogP) is 4.69. The first kappa shape index (κ1) is 22.7.